The smallest absolute Gasteiger partial charge is 0.348 e. The van der Waals surface area contributed by atoms with Gasteiger partial charge in [0.15, 0.2) is 11.5 Å². The summed E-state index contributed by atoms with van der Waals surface area (Å²) in [5, 5.41) is 11.5. The predicted molar refractivity (Wildman–Crippen MR) is 69.3 cm³/mol. The van der Waals surface area contributed by atoms with Crippen LogP contribution in [0.2, 0.25) is 0 Å². The molecule has 2 aromatic rings. The average molecular weight is 264 g/mol. The van der Waals surface area contributed by atoms with Crippen LogP contribution in [0.4, 0.5) is 0 Å². The summed E-state index contributed by atoms with van der Waals surface area (Å²) in [6.45, 7) is 0. The van der Waals surface area contributed by atoms with E-state index in [4.69, 9.17) is 4.74 Å². The van der Waals surface area contributed by atoms with E-state index in [0.29, 0.717) is 10.6 Å². The van der Waals surface area contributed by atoms with Gasteiger partial charge in [-0.3, -0.25) is 0 Å². The number of carbonyl (C=O) groups excluding carboxylic acids is 1. The van der Waals surface area contributed by atoms with E-state index in [0.717, 1.165) is 11.1 Å². The quantitative estimate of drug-likeness (QED) is 0.866. The fourth-order valence-corrected chi connectivity index (χ4v) is 2.40. The van der Waals surface area contributed by atoms with Crippen LogP contribution in [0.1, 0.15) is 9.67 Å². The van der Waals surface area contributed by atoms with Crippen LogP contribution >= 0.6 is 11.3 Å². The van der Waals surface area contributed by atoms with E-state index in [2.05, 4.69) is 4.74 Å². The maximum absolute atomic E-state index is 11.3. The summed E-state index contributed by atoms with van der Waals surface area (Å²) >= 11 is 1.31. The zero-order valence-electron chi connectivity index (χ0n) is 9.97. The number of esters is 1. The molecule has 0 aliphatic carbocycles. The first-order valence-electron chi connectivity index (χ1n) is 5.20. The predicted octanol–water partition coefficient (Wildman–Crippen LogP) is 2.92. The van der Waals surface area contributed by atoms with E-state index in [-0.39, 0.29) is 11.7 Å². The van der Waals surface area contributed by atoms with Gasteiger partial charge in [-0.1, -0.05) is 6.07 Å². The molecule has 0 saturated heterocycles. The van der Waals surface area contributed by atoms with Crippen molar-refractivity contribution in [2.45, 2.75) is 0 Å². The highest BCUT2D eigenvalue weighted by molar-refractivity contribution is 7.12. The molecule has 1 aromatic heterocycles. The van der Waals surface area contributed by atoms with Gasteiger partial charge in [-0.2, -0.15) is 0 Å². The first-order chi connectivity index (χ1) is 8.65. The Morgan fingerprint density at radius 2 is 2.00 bits per heavy atom. The van der Waals surface area contributed by atoms with Crippen molar-refractivity contribution in [3.63, 3.8) is 0 Å². The van der Waals surface area contributed by atoms with E-state index in [9.17, 15) is 9.90 Å². The van der Waals surface area contributed by atoms with Crippen molar-refractivity contribution in [2.24, 2.45) is 0 Å². The summed E-state index contributed by atoms with van der Waals surface area (Å²) in [5.41, 5.74) is 1.68. The number of carbonyl (C=O) groups is 1. The lowest BCUT2D eigenvalue weighted by Crippen LogP contribution is -1.96. The van der Waals surface area contributed by atoms with Gasteiger partial charge >= 0.3 is 5.97 Å². The monoisotopic (exact) mass is 264 g/mol. The van der Waals surface area contributed by atoms with Gasteiger partial charge in [-0.05, 0) is 34.7 Å². The number of rotatable bonds is 3. The second-order valence-corrected chi connectivity index (χ2v) is 4.49. The molecule has 1 aromatic carbocycles. The molecule has 2 rings (SSSR count). The number of thiophene rings is 1. The van der Waals surface area contributed by atoms with E-state index in [1.807, 2.05) is 11.4 Å². The van der Waals surface area contributed by atoms with Crippen LogP contribution < -0.4 is 4.74 Å². The largest absolute Gasteiger partial charge is 0.504 e. The van der Waals surface area contributed by atoms with Crippen LogP contribution in [-0.2, 0) is 4.74 Å². The molecule has 0 radical (unpaired) electrons. The Labute approximate surface area is 108 Å². The van der Waals surface area contributed by atoms with Crippen LogP contribution in [0.25, 0.3) is 11.1 Å². The van der Waals surface area contributed by atoms with Gasteiger partial charge < -0.3 is 14.6 Å². The standard InChI is InChI=1S/C13H12O4S/c1-16-11-4-3-8(5-10(11)14)9-6-12(18-7-9)13(15)17-2/h3-7,14H,1-2H3. The molecule has 0 fully saturated rings. The first kappa shape index (κ1) is 12.4. The maximum Gasteiger partial charge on any atom is 0.348 e. The molecule has 0 saturated carbocycles. The number of phenolic OH excluding ortho intramolecular Hbond substituents is 1. The minimum atomic E-state index is -0.357. The first-order valence-corrected chi connectivity index (χ1v) is 6.08. The lowest BCUT2D eigenvalue weighted by molar-refractivity contribution is 0.0606. The van der Waals surface area contributed by atoms with Crippen molar-refractivity contribution in [1.29, 1.82) is 0 Å². The molecule has 18 heavy (non-hydrogen) atoms. The Hall–Kier alpha value is -2.01. The Kier molecular flexibility index (Phi) is 3.53. The minimum Gasteiger partial charge on any atom is -0.504 e. The number of phenols is 1. The molecule has 4 nitrogen and oxygen atoms in total. The van der Waals surface area contributed by atoms with Crippen LogP contribution in [0.15, 0.2) is 29.6 Å². The fraction of sp³-hybridized carbons (Fsp3) is 0.154. The molecule has 5 heteroatoms. The van der Waals surface area contributed by atoms with Gasteiger partial charge in [-0.15, -0.1) is 11.3 Å². The number of hydrogen-bond acceptors (Lipinski definition) is 5. The molecule has 1 heterocycles. The van der Waals surface area contributed by atoms with Gasteiger partial charge in [0, 0.05) is 0 Å². The second kappa shape index (κ2) is 5.10. The summed E-state index contributed by atoms with van der Waals surface area (Å²) in [4.78, 5) is 11.9. The highest BCUT2D eigenvalue weighted by Crippen LogP contribution is 2.33. The second-order valence-electron chi connectivity index (χ2n) is 3.58. The number of ether oxygens (including phenoxy) is 2. The third kappa shape index (κ3) is 2.31. The van der Waals surface area contributed by atoms with Crippen molar-refractivity contribution in [2.75, 3.05) is 14.2 Å². The van der Waals surface area contributed by atoms with Crippen LogP contribution in [0.5, 0.6) is 11.5 Å². The van der Waals surface area contributed by atoms with Gasteiger partial charge in [0.1, 0.15) is 4.88 Å². The zero-order chi connectivity index (χ0) is 13.1. The van der Waals surface area contributed by atoms with Gasteiger partial charge in [0.25, 0.3) is 0 Å². The summed E-state index contributed by atoms with van der Waals surface area (Å²) < 4.78 is 9.62. The molecule has 0 aliphatic rings. The topological polar surface area (TPSA) is 55.8 Å². The van der Waals surface area contributed by atoms with Crippen LogP contribution in [-0.4, -0.2) is 25.3 Å². The Morgan fingerprint density at radius 3 is 2.61 bits per heavy atom. The molecule has 0 unspecified atom stereocenters. The van der Waals surface area contributed by atoms with Crippen molar-refractivity contribution >= 4 is 17.3 Å². The molecule has 1 N–H and O–H groups in total. The van der Waals surface area contributed by atoms with E-state index in [1.165, 1.54) is 25.6 Å². The maximum atomic E-state index is 11.3. The zero-order valence-corrected chi connectivity index (χ0v) is 10.8. The van der Waals surface area contributed by atoms with E-state index in [1.54, 1.807) is 18.2 Å². The number of benzene rings is 1. The minimum absolute atomic E-state index is 0.0702. The molecular weight excluding hydrogens is 252 g/mol. The number of methoxy groups -OCH3 is 2. The summed E-state index contributed by atoms with van der Waals surface area (Å²) in [6, 6.07) is 6.83. The van der Waals surface area contributed by atoms with Crippen molar-refractivity contribution in [3.8, 4) is 22.6 Å². The third-order valence-corrected chi connectivity index (χ3v) is 3.41. The third-order valence-electron chi connectivity index (χ3n) is 2.50. The van der Waals surface area contributed by atoms with E-state index < -0.39 is 0 Å². The lowest BCUT2D eigenvalue weighted by atomic mass is 10.1. The van der Waals surface area contributed by atoms with Crippen LogP contribution in [0, 0.1) is 0 Å². The highest BCUT2D eigenvalue weighted by Gasteiger charge is 2.11. The Balaban J connectivity index is 2.34. The molecule has 0 aliphatic heterocycles. The normalized spacial score (nSPS) is 10.1. The van der Waals surface area contributed by atoms with Crippen molar-refractivity contribution in [1.82, 2.24) is 0 Å². The highest BCUT2D eigenvalue weighted by atomic mass is 32.1. The SMILES string of the molecule is COC(=O)c1cc(-c2ccc(OC)c(O)c2)cs1. The van der Waals surface area contributed by atoms with Crippen molar-refractivity contribution in [3.05, 3.63) is 34.5 Å². The molecule has 0 amide bonds. The summed E-state index contributed by atoms with van der Waals surface area (Å²) in [5.74, 6) is 0.131. The molecule has 0 bridgehead atoms. The number of aromatic hydroxyl groups is 1. The van der Waals surface area contributed by atoms with Gasteiger partial charge in [0.05, 0.1) is 14.2 Å². The van der Waals surface area contributed by atoms with Crippen molar-refractivity contribution < 1.29 is 19.4 Å². The van der Waals surface area contributed by atoms with E-state index >= 15 is 0 Å². The molecule has 0 atom stereocenters. The van der Waals surface area contributed by atoms with Gasteiger partial charge in [-0.25, -0.2) is 4.79 Å². The number of hydrogen-bond donors (Lipinski definition) is 1. The van der Waals surface area contributed by atoms with Crippen LogP contribution in [0.3, 0.4) is 0 Å². The summed E-state index contributed by atoms with van der Waals surface area (Å²) in [6.07, 6.45) is 0. The Morgan fingerprint density at radius 1 is 1.22 bits per heavy atom. The lowest BCUT2D eigenvalue weighted by Gasteiger charge is -2.04. The fourth-order valence-electron chi connectivity index (χ4n) is 1.56. The molecular formula is C13H12O4S. The average Bonchev–Trinajstić information content (AvgIpc) is 2.87. The van der Waals surface area contributed by atoms with Gasteiger partial charge in [0.2, 0.25) is 0 Å². The molecule has 0 spiro atoms. The summed E-state index contributed by atoms with van der Waals surface area (Å²) in [7, 11) is 2.84. The molecule has 94 valence electrons. The Bertz CT molecular complexity index is 574.